The average Bonchev–Trinajstić information content (AvgIpc) is 3.29. The molecule has 0 fully saturated rings. The minimum atomic E-state index is -0.300. The number of hydrogen-bond acceptors (Lipinski definition) is 5. The molecule has 2 aromatic heterocycles. The SMILES string of the molecule is Cc1nc2ccc(NC(=O)c3ccccc3C(=O)c3cccs3)cc2s1. The Morgan fingerprint density at radius 1 is 1.00 bits per heavy atom. The van der Waals surface area contributed by atoms with Crippen molar-refractivity contribution in [3.63, 3.8) is 0 Å². The summed E-state index contributed by atoms with van der Waals surface area (Å²) in [6, 6.07) is 16.1. The summed E-state index contributed by atoms with van der Waals surface area (Å²) in [5.41, 5.74) is 2.37. The highest BCUT2D eigenvalue weighted by Crippen LogP contribution is 2.25. The van der Waals surface area contributed by atoms with Crippen LogP contribution >= 0.6 is 22.7 Å². The molecule has 4 nitrogen and oxygen atoms in total. The van der Waals surface area contributed by atoms with Crippen LogP contribution in [0.4, 0.5) is 5.69 Å². The van der Waals surface area contributed by atoms with Crippen molar-refractivity contribution in [1.82, 2.24) is 4.98 Å². The number of benzene rings is 2. The van der Waals surface area contributed by atoms with Gasteiger partial charge >= 0.3 is 0 Å². The molecule has 0 aliphatic heterocycles. The number of aryl methyl sites for hydroxylation is 1. The van der Waals surface area contributed by atoms with E-state index in [1.807, 2.05) is 36.6 Å². The number of carbonyl (C=O) groups is 2. The Morgan fingerprint density at radius 3 is 2.58 bits per heavy atom. The molecular formula is C20H14N2O2S2. The lowest BCUT2D eigenvalue weighted by atomic mass is 10.0. The topological polar surface area (TPSA) is 59.1 Å². The van der Waals surface area contributed by atoms with Gasteiger partial charge in [0.25, 0.3) is 5.91 Å². The van der Waals surface area contributed by atoms with Gasteiger partial charge in [-0.1, -0.05) is 24.3 Å². The van der Waals surface area contributed by atoms with E-state index in [1.165, 1.54) is 11.3 Å². The van der Waals surface area contributed by atoms with E-state index < -0.39 is 0 Å². The number of carbonyl (C=O) groups excluding carboxylic acids is 2. The van der Waals surface area contributed by atoms with Crippen LogP contribution in [0.15, 0.2) is 60.0 Å². The largest absolute Gasteiger partial charge is 0.322 e. The summed E-state index contributed by atoms with van der Waals surface area (Å²) in [4.78, 5) is 30.5. The maximum absolute atomic E-state index is 12.8. The lowest BCUT2D eigenvalue weighted by Crippen LogP contribution is -2.16. The highest BCUT2D eigenvalue weighted by Gasteiger charge is 2.19. The Bertz CT molecular complexity index is 1110. The quantitative estimate of drug-likeness (QED) is 0.500. The second-order valence-corrected chi connectivity index (χ2v) is 7.90. The molecule has 0 saturated heterocycles. The Morgan fingerprint density at radius 2 is 1.81 bits per heavy atom. The van der Waals surface area contributed by atoms with Gasteiger partial charge in [-0.25, -0.2) is 4.98 Å². The summed E-state index contributed by atoms with van der Waals surface area (Å²) in [5, 5.41) is 5.72. The van der Waals surface area contributed by atoms with Crippen molar-refractivity contribution in [2.24, 2.45) is 0 Å². The first-order valence-corrected chi connectivity index (χ1v) is 9.67. The number of rotatable bonds is 4. The lowest BCUT2D eigenvalue weighted by Gasteiger charge is -2.09. The molecule has 2 heterocycles. The summed E-state index contributed by atoms with van der Waals surface area (Å²) < 4.78 is 1.02. The van der Waals surface area contributed by atoms with Gasteiger partial charge in [-0.2, -0.15) is 0 Å². The van der Waals surface area contributed by atoms with Gasteiger partial charge in [-0.05, 0) is 42.6 Å². The van der Waals surface area contributed by atoms with Crippen molar-refractivity contribution in [1.29, 1.82) is 0 Å². The van der Waals surface area contributed by atoms with Crippen LogP contribution in [-0.4, -0.2) is 16.7 Å². The summed E-state index contributed by atoms with van der Waals surface area (Å²) >= 11 is 2.95. The van der Waals surface area contributed by atoms with Gasteiger partial charge in [-0.3, -0.25) is 9.59 Å². The molecule has 0 bridgehead atoms. The first kappa shape index (κ1) is 16.6. The van der Waals surface area contributed by atoms with Gasteiger partial charge in [0.05, 0.1) is 25.7 Å². The Kier molecular flexibility index (Phi) is 4.36. The fourth-order valence-electron chi connectivity index (χ4n) is 2.74. The molecule has 1 amide bonds. The van der Waals surface area contributed by atoms with Gasteiger partial charge in [0.1, 0.15) is 0 Å². The molecule has 26 heavy (non-hydrogen) atoms. The maximum Gasteiger partial charge on any atom is 0.256 e. The number of nitrogens with zero attached hydrogens (tertiary/aromatic N) is 1. The highest BCUT2D eigenvalue weighted by atomic mass is 32.1. The van der Waals surface area contributed by atoms with E-state index in [-0.39, 0.29) is 11.7 Å². The molecule has 4 aromatic rings. The smallest absolute Gasteiger partial charge is 0.256 e. The summed E-state index contributed by atoms with van der Waals surface area (Å²) in [5.74, 6) is -0.439. The standard InChI is InChI=1S/C20H14N2O2S2/c1-12-21-16-9-8-13(11-18(16)26-12)22-20(24)15-6-3-2-5-14(15)19(23)17-7-4-10-25-17/h2-11H,1H3,(H,22,24). The van der Waals surface area contributed by atoms with E-state index in [1.54, 1.807) is 41.7 Å². The number of thiophene rings is 1. The van der Waals surface area contributed by atoms with Gasteiger partial charge in [0.2, 0.25) is 5.78 Å². The number of aromatic nitrogens is 1. The number of thiazole rings is 1. The van der Waals surface area contributed by atoms with Gasteiger partial charge in [-0.15, -0.1) is 22.7 Å². The maximum atomic E-state index is 12.8. The first-order valence-electron chi connectivity index (χ1n) is 7.97. The molecule has 0 radical (unpaired) electrons. The molecule has 0 saturated carbocycles. The zero-order valence-electron chi connectivity index (χ0n) is 13.9. The Balaban J connectivity index is 1.64. The van der Waals surface area contributed by atoms with E-state index in [0.29, 0.717) is 21.7 Å². The molecule has 128 valence electrons. The monoisotopic (exact) mass is 378 g/mol. The van der Waals surface area contributed by atoms with Crippen LogP contribution in [0.1, 0.15) is 30.6 Å². The summed E-state index contributed by atoms with van der Waals surface area (Å²) in [6.45, 7) is 1.95. The minimum absolute atomic E-state index is 0.140. The van der Waals surface area contributed by atoms with Gasteiger partial charge < -0.3 is 5.32 Å². The number of hydrogen-bond donors (Lipinski definition) is 1. The van der Waals surface area contributed by atoms with Crippen molar-refractivity contribution in [3.05, 3.63) is 81.0 Å². The van der Waals surface area contributed by atoms with Crippen LogP contribution in [0, 0.1) is 6.92 Å². The molecule has 4 rings (SSSR count). The van der Waals surface area contributed by atoms with Crippen LogP contribution in [0.2, 0.25) is 0 Å². The minimum Gasteiger partial charge on any atom is -0.322 e. The van der Waals surface area contributed by atoms with Gasteiger partial charge in [0.15, 0.2) is 0 Å². The normalized spacial score (nSPS) is 10.8. The predicted octanol–water partition coefficient (Wildman–Crippen LogP) is 5.15. The Hall–Kier alpha value is -2.83. The third kappa shape index (κ3) is 3.16. The van der Waals surface area contributed by atoms with E-state index in [0.717, 1.165) is 15.2 Å². The summed E-state index contributed by atoms with van der Waals surface area (Å²) in [6.07, 6.45) is 0. The molecule has 0 unspecified atom stereocenters. The van der Waals surface area contributed by atoms with E-state index >= 15 is 0 Å². The summed E-state index contributed by atoms with van der Waals surface area (Å²) in [7, 11) is 0. The number of ketones is 1. The molecule has 1 N–H and O–H groups in total. The number of nitrogens with one attached hydrogen (secondary N) is 1. The molecule has 0 atom stereocenters. The van der Waals surface area contributed by atoms with Crippen LogP contribution < -0.4 is 5.32 Å². The van der Waals surface area contributed by atoms with Crippen LogP contribution in [0.5, 0.6) is 0 Å². The van der Waals surface area contributed by atoms with Crippen molar-refractivity contribution in [2.75, 3.05) is 5.32 Å². The van der Waals surface area contributed by atoms with Crippen LogP contribution in [0.3, 0.4) is 0 Å². The van der Waals surface area contributed by atoms with Gasteiger partial charge in [0, 0.05) is 11.3 Å². The molecular weight excluding hydrogens is 364 g/mol. The lowest BCUT2D eigenvalue weighted by molar-refractivity contribution is 0.0998. The van der Waals surface area contributed by atoms with Crippen molar-refractivity contribution >= 4 is 50.3 Å². The van der Waals surface area contributed by atoms with E-state index in [9.17, 15) is 9.59 Å². The zero-order valence-corrected chi connectivity index (χ0v) is 15.5. The fraction of sp³-hybridized carbons (Fsp3) is 0.0500. The van der Waals surface area contributed by atoms with Crippen molar-refractivity contribution < 1.29 is 9.59 Å². The molecule has 0 aliphatic rings. The molecule has 6 heteroatoms. The number of amides is 1. The number of anilines is 1. The molecule has 2 aromatic carbocycles. The molecule has 0 aliphatic carbocycles. The second-order valence-electron chi connectivity index (χ2n) is 5.72. The third-order valence-corrected chi connectivity index (χ3v) is 5.72. The van der Waals surface area contributed by atoms with Crippen molar-refractivity contribution in [3.8, 4) is 0 Å². The fourth-order valence-corrected chi connectivity index (χ4v) is 4.28. The first-order chi connectivity index (χ1) is 12.6. The van der Waals surface area contributed by atoms with Crippen LogP contribution in [0.25, 0.3) is 10.2 Å². The number of fused-ring (bicyclic) bond motifs is 1. The van der Waals surface area contributed by atoms with E-state index in [4.69, 9.17) is 0 Å². The Labute approximate surface area is 158 Å². The van der Waals surface area contributed by atoms with Crippen LogP contribution in [-0.2, 0) is 0 Å². The predicted molar refractivity (Wildman–Crippen MR) is 107 cm³/mol. The molecule has 0 spiro atoms. The van der Waals surface area contributed by atoms with Crippen molar-refractivity contribution in [2.45, 2.75) is 6.92 Å². The third-order valence-electron chi connectivity index (χ3n) is 3.91. The average molecular weight is 378 g/mol. The zero-order chi connectivity index (χ0) is 18.1. The van der Waals surface area contributed by atoms with E-state index in [2.05, 4.69) is 10.3 Å². The highest BCUT2D eigenvalue weighted by molar-refractivity contribution is 7.18. The second kappa shape index (κ2) is 6.82.